The van der Waals surface area contributed by atoms with E-state index in [0.29, 0.717) is 76.6 Å². The number of sulfonamides is 2. The Hall–Kier alpha value is -5.18. The summed E-state index contributed by atoms with van der Waals surface area (Å²) in [6, 6.07) is 22.4. The van der Waals surface area contributed by atoms with Crippen LogP contribution in [0.25, 0.3) is 0 Å². The molecule has 0 radical (unpaired) electrons. The zero-order valence-electron chi connectivity index (χ0n) is 48.1. The molecule has 456 valence electrons. The van der Waals surface area contributed by atoms with Gasteiger partial charge in [-0.3, -0.25) is 0 Å². The van der Waals surface area contributed by atoms with Gasteiger partial charge in [0.05, 0.1) is 59.4 Å². The molecule has 20 heteroatoms. The Labute approximate surface area is 505 Å². The number of carbonyl (C=O) groups is 2. The topological polar surface area (TPSA) is 260 Å². The van der Waals surface area contributed by atoms with E-state index in [-0.39, 0.29) is 69.0 Å². The summed E-state index contributed by atoms with van der Waals surface area (Å²) < 4.78 is 58.9. The van der Waals surface area contributed by atoms with Crippen molar-refractivity contribution < 1.29 is 56.3 Å². The highest BCUT2D eigenvalue weighted by molar-refractivity contribution is 7.89. The highest BCUT2D eigenvalue weighted by Crippen LogP contribution is 2.49. The quantitative estimate of drug-likeness (QED) is 0.0450. The highest BCUT2D eigenvalue weighted by Gasteiger charge is 2.46. The number of ether oxygens (including phenoxy) is 2. The lowest BCUT2D eigenvalue weighted by Gasteiger charge is -2.45. The lowest BCUT2D eigenvalue weighted by atomic mass is 9.68. The maximum Gasteiger partial charge on any atom is 0.335 e. The molecule has 2 saturated carbocycles. The normalized spacial score (nSPS) is 25.2. The molecule has 2 aliphatic heterocycles. The molecule has 6 aliphatic rings. The van der Waals surface area contributed by atoms with Gasteiger partial charge in [0, 0.05) is 47.1 Å². The standard InChI is InChI=1S/2C32H41ClN2O6S/c2*1-2-21(18-42(34,39)40)5-3-7-29(36)26-11-8-24(26)17-35-19-32(14-4-6-22-15-25(33)10-12-27(22)32)20-41-30-13-9-23(31(37)38)16-28(30)35/h2*3,7,9-10,12-13,15-16,21,24,26,29,36H,2,4-6,8,11,14,17-20H2,1H3,(H,37,38)(H2,34,39,40)/b2*7-3+/t21-,24+,26-,29+,32+;21-,24-,26+,29-,32-/m10/s1. The van der Waals surface area contributed by atoms with Crippen molar-refractivity contribution in [3.8, 4) is 11.5 Å². The number of hydrogen-bond acceptors (Lipinski definition) is 12. The van der Waals surface area contributed by atoms with E-state index in [1.807, 2.05) is 38.1 Å². The van der Waals surface area contributed by atoms with Crippen molar-refractivity contribution >= 4 is 66.6 Å². The van der Waals surface area contributed by atoms with Crippen LogP contribution < -0.4 is 29.6 Å². The predicted octanol–water partition coefficient (Wildman–Crippen LogP) is 10.3. The molecule has 4 aliphatic carbocycles. The third kappa shape index (κ3) is 15.1. The summed E-state index contributed by atoms with van der Waals surface area (Å²) in [7, 11) is -7.09. The molecule has 4 aromatic carbocycles. The molecule has 0 bridgehead atoms. The van der Waals surface area contributed by atoms with Gasteiger partial charge in [-0.05, 0) is 195 Å². The van der Waals surface area contributed by atoms with Crippen LogP contribution in [0, 0.1) is 35.5 Å². The number of aliphatic hydroxyl groups is 2. The second-order valence-electron chi connectivity index (χ2n) is 24.7. The van der Waals surface area contributed by atoms with E-state index in [9.17, 15) is 46.9 Å². The van der Waals surface area contributed by atoms with Crippen LogP contribution >= 0.6 is 23.2 Å². The molecule has 0 saturated heterocycles. The fourth-order valence-electron chi connectivity index (χ4n) is 14.1. The minimum Gasteiger partial charge on any atom is -0.490 e. The Bertz CT molecular complexity index is 3110. The van der Waals surface area contributed by atoms with Crippen LogP contribution in [-0.2, 0) is 43.7 Å². The number of allylic oxidation sites excluding steroid dienone is 2. The number of halogens is 2. The third-order valence-electron chi connectivity index (χ3n) is 19.0. The third-order valence-corrected chi connectivity index (χ3v) is 21.3. The van der Waals surface area contributed by atoms with E-state index >= 15 is 0 Å². The van der Waals surface area contributed by atoms with Crippen molar-refractivity contribution in [1.82, 2.24) is 0 Å². The number of rotatable bonds is 20. The molecule has 4 aromatic rings. The number of aryl methyl sites for hydroxylation is 2. The zero-order valence-corrected chi connectivity index (χ0v) is 51.2. The number of nitrogens with two attached hydrogens (primary N) is 2. The number of carboxylic acids is 2. The lowest BCUT2D eigenvalue weighted by Crippen LogP contribution is -2.49. The van der Waals surface area contributed by atoms with Crippen molar-refractivity contribution in [1.29, 1.82) is 0 Å². The van der Waals surface area contributed by atoms with Gasteiger partial charge >= 0.3 is 11.9 Å². The Morgan fingerprint density at radius 1 is 0.631 bits per heavy atom. The van der Waals surface area contributed by atoms with E-state index < -0.39 is 44.2 Å². The van der Waals surface area contributed by atoms with Crippen LogP contribution in [0.4, 0.5) is 11.4 Å². The van der Waals surface area contributed by atoms with Gasteiger partial charge in [-0.25, -0.2) is 36.7 Å². The summed E-state index contributed by atoms with van der Waals surface area (Å²) in [5.41, 5.74) is 6.41. The number of carboxylic acid groups (broad SMARTS) is 2. The number of benzene rings is 4. The minimum atomic E-state index is -3.55. The summed E-state index contributed by atoms with van der Waals surface area (Å²) in [5, 5.41) is 53.6. The van der Waals surface area contributed by atoms with Crippen LogP contribution in [0.5, 0.6) is 11.5 Å². The molecular weight excluding hydrogens is 1150 g/mol. The van der Waals surface area contributed by atoms with Crippen LogP contribution in [0.2, 0.25) is 10.0 Å². The lowest BCUT2D eigenvalue weighted by molar-refractivity contribution is 0.0454. The molecule has 10 atom stereocenters. The SMILES string of the molecule is CC[C@@H](C/C=C/[C@H](O)[C@@H]1CC[C@H]1CN1C[C@@]2(CCCc3cc(Cl)ccc32)COc2ccc(C(=O)O)cc21)CS(N)(=O)=O.CC[C@H](C/C=C/[C@H](O)[C@@H]1CC[C@H]1CN1C[C@@]2(CCCc3cc(Cl)ccc32)COc2ccc(C(=O)O)cc21)CS(N)(=O)=O. The smallest absolute Gasteiger partial charge is 0.335 e. The number of hydrogen-bond donors (Lipinski definition) is 6. The maximum atomic E-state index is 11.9. The van der Waals surface area contributed by atoms with Crippen molar-refractivity contribution in [3.05, 3.63) is 141 Å². The Balaban J connectivity index is 0.000000202. The fraction of sp³-hybridized carbons (Fsp3) is 0.531. The minimum absolute atomic E-state index is 0.0586. The van der Waals surface area contributed by atoms with Crippen LogP contribution in [0.3, 0.4) is 0 Å². The Morgan fingerprint density at radius 3 is 1.38 bits per heavy atom. The van der Waals surface area contributed by atoms with Gasteiger partial charge in [0.25, 0.3) is 0 Å². The van der Waals surface area contributed by atoms with E-state index in [1.54, 1.807) is 48.6 Å². The second-order valence-corrected chi connectivity index (χ2v) is 28.9. The fourth-order valence-corrected chi connectivity index (χ4v) is 16.5. The first-order valence-corrected chi connectivity index (χ1v) is 33.9. The number of aromatic carboxylic acids is 2. The number of primary sulfonamides is 2. The molecule has 0 aromatic heterocycles. The van der Waals surface area contributed by atoms with Crippen LogP contribution in [0.1, 0.15) is 134 Å². The first-order chi connectivity index (χ1) is 40.0. The maximum absolute atomic E-state index is 11.9. The van der Waals surface area contributed by atoms with Crippen molar-refractivity contribution in [2.24, 2.45) is 45.8 Å². The number of aliphatic hydroxyl groups excluding tert-OH is 2. The number of anilines is 2. The summed E-state index contributed by atoms with van der Waals surface area (Å²) in [4.78, 5) is 28.4. The zero-order chi connectivity index (χ0) is 60.1. The van der Waals surface area contributed by atoms with E-state index in [4.69, 9.17) is 43.0 Å². The van der Waals surface area contributed by atoms with Crippen LogP contribution in [0.15, 0.2) is 97.1 Å². The molecule has 8 N–H and O–H groups in total. The van der Waals surface area contributed by atoms with Crippen molar-refractivity contribution in [2.75, 3.05) is 60.7 Å². The molecule has 10 rings (SSSR count). The van der Waals surface area contributed by atoms with Gasteiger partial charge in [-0.15, -0.1) is 0 Å². The van der Waals surface area contributed by atoms with E-state index in [1.165, 1.54) is 22.3 Å². The Morgan fingerprint density at radius 2 is 1.04 bits per heavy atom. The average molecular weight is 1230 g/mol. The van der Waals surface area contributed by atoms with Gasteiger partial charge < -0.3 is 39.7 Å². The summed E-state index contributed by atoms with van der Waals surface area (Å²) >= 11 is 12.7. The molecule has 84 heavy (non-hydrogen) atoms. The van der Waals surface area contributed by atoms with Gasteiger partial charge in [0.1, 0.15) is 11.5 Å². The van der Waals surface area contributed by atoms with E-state index in [0.717, 1.165) is 85.6 Å². The summed E-state index contributed by atoms with van der Waals surface area (Å²) in [5.74, 6) is -0.376. The van der Waals surface area contributed by atoms with Crippen molar-refractivity contribution in [2.45, 2.75) is 127 Å². The number of fused-ring (bicyclic) bond motifs is 6. The van der Waals surface area contributed by atoms with Gasteiger partial charge in [-0.1, -0.05) is 86.3 Å². The second kappa shape index (κ2) is 26.8. The van der Waals surface area contributed by atoms with Gasteiger partial charge in [-0.2, -0.15) is 0 Å². The molecule has 0 unspecified atom stereocenters. The molecule has 16 nitrogen and oxygen atoms in total. The van der Waals surface area contributed by atoms with Gasteiger partial charge in [0.2, 0.25) is 20.0 Å². The molecule has 2 fully saturated rings. The monoisotopic (exact) mass is 1230 g/mol. The summed E-state index contributed by atoms with van der Waals surface area (Å²) in [6.07, 6.45) is 18.1. The molecule has 2 heterocycles. The summed E-state index contributed by atoms with van der Waals surface area (Å²) in [6.45, 7) is 7.56. The molecule has 0 amide bonds. The first kappa shape index (κ1) is 63.3. The van der Waals surface area contributed by atoms with Gasteiger partial charge in [0.15, 0.2) is 0 Å². The first-order valence-electron chi connectivity index (χ1n) is 29.7. The van der Waals surface area contributed by atoms with E-state index in [2.05, 4.69) is 34.1 Å². The highest BCUT2D eigenvalue weighted by atomic mass is 35.5. The number of nitrogens with zero attached hydrogens (tertiary/aromatic N) is 2. The molecule has 2 spiro atoms. The van der Waals surface area contributed by atoms with Crippen LogP contribution in [-0.4, -0.2) is 112 Å². The largest absolute Gasteiger partial charge is 0.490 e. The molecular formula is C64H82Cl2N4O12S2. The Kier molecular flexibility index (Phi) is 20.2. The predicted molar refractivity (Wildman–Crippen MR) is 330 cm³/mol. The van der Waals surface area contributed by atoms with Crippen molar-refractivity contribution in [3.63, 3.8) is 0 Å². The average Bonchev–Trinajstić information content (AvgIpc) is 2.34.